The monoisotopic (exact) mass is 437 g/mol. The minimum absolute atomic E-state index is 0.174. The molecule has 0 N–H and O–H groups in total. The van der Waals surface area contributed by atoms with Gasteiger partial charge in [-0.15, -0.1) is 0 Å². The minimum atomic E-state index is -3.78. The number of nitrogens with zero attached hydrogens (tertiary/aromatic N) is 3. The summed E-state index contributed by atoms with van der Waals surface area (Å²) in [7, 11) is -3.78. The average Bonchev–Trinajstić information content (AvgIpc) is 3.21. The van der Waals surface area contributed by atoms with Gasteiger partial charge in [-0.05, 0) is 39.7 Å². The molecule has 29 heavy (non-hydrogen) atoms. The number of likely N-dealkylation sites (tertiary alicyclic amines) is 1. The molecule has 2 aliphatic rings. The van der Waals surface area contributed by atoms with Gasteiger partial charge in [-0.1, -0.05) is 23.7 Å². The van der Waals surface area contributed by atoms with Crippen molar-refractivity contribution in [2.45, 2.75) is 56.2 Å². The molecular weight excluding hydrogens is 414 g/mol. The van der Waals surface area contributed by atoms with Crippen molar-refractivity contribution in [1.29, 1.82) is 0 Å². The van der Waals surface area contributed by atoms with E-state index in [0.717, 1.165) is 0 Å². The number of pyridine rings is 1. The Bertz CT molecular complexity index is 1060. The molecule has 7 nitrogen and oxygen atoms in total. The molecular formula is C20H24ClN3O4S. The number of carbonyl (C=O) groups is 1. The van der Waals surface area contributed by atoms with Crippen LogP contribution in [0.25, 0.3) is 10.8 Å². The smallest absolute Gasteiger partial charge is 0.410 e. The number of fused-ring (bicyclic) bond motifs is 2. The first-order valence-electron chi connectivity index (χ1n) is 9.63. The molecule has 0 saturated carbocycles. The lowest BCUT2D eigenvalue weighted by Crippen LogP contribution is -2.43. The van der Waals surface area contributed by atoms with Crippen molar-refractivity contribution in [3.63, 3.8) is 0 Å². The third kappa shape index (κ3) is 3.58. The maximum atomic E-state index is 13.6. The number of benzene rings is 1. The van der Waals surface area contributed by atoms with E-state index in [4.69, 9.17) is 16.3 Å². The van der Waals surface area contributed by atoms with Crippen LogP contribution in [0.4, 0.5) is 4.79 Å². The molecule has 1 aromatic heterocycles. The van der Waals surface area contributed by atoms with Crippen LogP contribution in [-0.4, -0.2) is 59.5 Å². The van der Waals surface area contributed by atoms with Crippen LogP contribution in [-0.2, 0) is 14.8 Å². The Balaban J connectivity index is 1.65. The van der Waals surface area contributed by atoms with E-state index in [1.807, 2.05) is 20.8 Å². The highest BCUT2D eigenvalue weighted by atomic mass is 35.5. The van der Waals surface area contributed by atoms with Gasteiger partial charge in [0, 0.05) is 42.3 Å². The molecule has 9 heteroatoms. The van der Waals surface area contributed by atoms with E-state index in [1.165, 1.54) is 10.5 Å². The van der Waals surface area contributed by atoms with E-state index >= 15 is 0 Å². The molecule has 0 radical (unpaired) electrons. The second-order valence-electron chi connectivity index (χ2n) is 8.48. The first-order chi connectivity index (χ1) is 13.6. The van der Waals surface area contributed by atoms with Crippen molar-refractivity contribution in [2.75, 3.05) is 13.1 Å². The van der Waals surface area contributed by atoms with Crippen LogP contribution in [0.2, 0.25) is 5.02 Å². The first-order valence-corrected chi connectivity index (χ1v) is 11.4. The van der Waals surface area contributed by atoms with Crippen LogP contribution in [0.5, 0.6) is 0 Å². The number of rotatable bonds is 2. The fraction of sp³-hybridized carbons (Fsp3) is 0.500. The van der Waals surface area contributed by atoms with E-state index in [2.05, 4.69) is 4.98 Å². The third-order valence-corrected chi connectivity index (χ3v) is 7.69. The van der Waals surface area contributed by atoms with Crippen molar-refractivity contribution in [2.24, 2.45) is 0 Å². The number of sulfonamides is 1. The van der Waals surface area contributed by atoms with Gasteiger partial charge in [0.2, 0.25) is 10.0 Å². The molecule has 2 atom stereocenters. The highest BCUT2D eigenvalue weighted by Crippen LogP contribution is 2.38. The quantitative estimate of drug-likeness (QED) is 0.716. The maximum absolute atomic E-state index is 13.6. The van der Waals surface area contributed by atoms with Gasteiger partial charge in [0.05, 0.1) is 16.0 Å². The topological polar surface area (TPSA) is 79.8 Å². The van der Waals surface area contributed by atoms with Crippen molar-refractivity contribution in [3.8, 4) is 0 Å². The molecule has 2 unspecified atom stereocenters. The van der Waals surface area contributed by atoms with Crippen LogP contribution in [0.3, 0.4) is 0 Å². The molecule has 3 heterocycles. The molecule has 0 spiro atoms. The Morgan fingerprint density at radius 3 is 2.62 bits per heavy atom. The van der Waals surface area contributed by atoms with Gasteiger partial charge in [0.25, 0.3) is 0 Å². The van der Waals surface area contributed by atoms with Gasteiger partial charge in [-0.2, -0.15) is 4.31 Å². The molecule has 2 aromatic rings. The Kier molecular flexibility index (Phi) is 4.99. The first kappa shape index (κ1) is 20.4. The summed E-state index contributed by atoms with van der Waals surface area (Å²) in [5.74, 6) is 0. The van der Waals surface area contributed by atoms with Crippen molar-refractivity contribution >= 4 is 38.5 Å². The van der Waals surface area contributed by atoms with Gasteiger partial charge in [0.1, 0.15) is 5.60 Å². The molecule has 156 valence electrons. The van der Waals surface area contributed by atoms with Gasteiger partial charge < -0.3 is 9.64 Å². The van der Waals surface area contributed by atoms with Gasteiger partial charge in [-0.25, -0.2) is 13.2 Å². The molecule has 2 fully saturated rings. The Labute approximate surface area is 175 Å². The SMILES string of the molecule is CC(C)(C)OC(=O)N1CCC2C1CCN2S(=O)(=O)c1cccc2cncc(Cl)c12. The largest absolute Gasteiger partial charge is 0.444 e. The van der Waals surface area contributed by atoms with Crippen LogP contribution in [0.1, 0.15) is 33.6 Å². The van der Waals surface area contributed by atoms with Crippen LogP contribution >= 0.6 is 11.6 Å². The standard InChI is InChI=1S/C20H24ClN3O4S/c1-20(2,3)28-19(25)23-9-7-16-15(23)8-10-24(16)29(26,27)17-6-4-5-13-11-22-12-14(21)18(13)17/h4-6,11-12,15-16H,7-10H2,1-3H3. The number of amides is 1. The van der Waals surface area contributed by atoms with Crippen LogP contribution in [0.15, 0.2) is 35.5 Å². The molecule has 0 bridgehead atoms. The van der Waals surface area contributed by atoms with Crippen LogP contribution in [0, 0.1) is 0 Å². The summed E-state index contributed by atoms with van der Waals surface area (Å²) < 4.78 is 34.1. The number of halogens is 1. The molecule has 1 amide bonds. The molecule has 4 rings (SSSR count). The second-order valence-corrected chi connectivity index (χ2v) is 10.7. The predicted octanol–water partition coefficient (Wildman–Crippen LogP) is 3.66. The fourth-order valence-corrected chi connectivity index (χ4v) is 6.55. The van der Waals surface area contributed by atoms with E-state index in [1.54, 1.807) is 29.3 Å². The lowest BCUT2D eigenvalue weighted by atomic mass is 10.1. The minimum Gasteiger partial charge on any atom is -0.444 e. The van der Waals surface area contributed by atoms with Crippen molar-refractivity contribution < 1.29 is 17.9 Å². The summed E-state index contributed by atoms with van der Waals surface area (Å²) in [5, 5.41) is 1.46. The number of aromatic nitrogens is 1. The molecule has 2 aliphatic heterocycles. The Hall–Kier alpha value is -1.90. The number of carbonyl (C=O) groups excluding carboxylic acids is 1. The van der Waals surface area contributed by atoms with Gasteiger partial charge in [0.15, 0.2) is 0 Å². The van der Waals surface area contributed by atoms with E-state index in [-0.39, 0.29) is 23.1 Å². The van der Waals surface area contributed by atoms with E-state index in [0.29, 0.717) is 41.7 Å². The Morgan fingerprint density at radius 1 is 1.17 bits per heavy atom. The summed E-state index contributed by atoms with van der Waals surface area (Å²) in [6, 6.07) is 4.63. The maximum Gasteiger partial charge on any atom is 0.410 e. The summed E-state index contributed by atoms with van der Waals surface area (Å²) in [5.41, 5.74) is -0.590. The zero-order valence-corrected chi connectivity index (χ0v) is 18.2. The summed E-state index contributed by atoms with van der Waals surface area (Å²) in [4.78, 5) is 18.5. The van der Waals surface area contributed by atoms with Gasteiger partial charge in [-0.3, -0.25) is 4.98 Å². The zero-order valence-electron chi connectivity index (χ0n) is 16.6. The average molecular weight is 438 g/mol. The van der Waals surface area contributed by atoms with Gasteiger partial charge >= 0.3 is 6.09 Å². The lowest BCUT2D eigenvalue weighted by molar-refractivity contribution is 0.0225. The lowest BCUT2D eigenvalue weighted by Gasteiger charge is -2.28. The van der Waals surface area contributed by atoms with E-state index < -0.39 is 15.6 Å². The normalized spacial score (nSPS) is 22.8. The predicted molar refractivity (Wildman–Crippen MR) is 110 cm³/mol. The number of hydrogen-bond acceptors (Lipinski definition) is 5. The second kappa shape index (κ2) is 7.11. The highest BCUT2D eigenvalue weighted by molar-refractivity contribution is 7.89. The summed E-state index contributed by atoms with van der Waals surface area (Å²) in [6.45, 7) is 6.31. The molecule has 1 aromatic carbocycles. The van der Waals surface area contributed by atoms with E-state index in [9.17, 15) is 13.2 Å². The zero-order chi connectivity index (χ0) is 21.0. The molecule has 0 aliphatic carbocycles. The third-order valence-electron chi connectivity index (χ3n) is 5.44. The van der Waals surface area contributed by atoms with Crippen molar-refractivity contribution in [3.05, 3.63) is 35.6 Å². The molecule has 2 saturated heterocycles. The van der Waals surface area contributed by atoms with Crippen LogP contribution < -0.4 is 0 Å². The summed E-state index contributed by atoms with van der Waals surface area (Å²) >= 11 is 6.30. The summed E-state index contributed by atoms with van der Waals surface area (Å²) in [6.07, 6.45) is 3.85. The fourth-order valence-electron chi connectivity index (χ4n) is 4.29. The number of hydrogen-bond donors (Lipinski definition) is 0. The highest BCUT2D eigenvalue weighted by Gasteiger charge is 2.50. The number of ether oxygens (including phenoxy) is 1. The Morgan fingerprint density at radius 2 is 1.90 bits per heavy atom. The van der Waals surface area contributed by atoms with Crippen molar-refractivity contribution in [1.82, 2.24) is 14.2 Å².